The lowest BCUT2D eigenvalue weighted by Gasteiger charge is -2.11. The maximum Gasteiger partial charge on any atom is 0.335 e. The number of aromatic carboxylic acids is 1. The van der Waals surface area contributed by atoms with E-state index >= 15 is 0 Å². The molecule has 1 aliphatic rings. The molecule has 2 aromatic rings. The van der Waals surface area contributed by atoms with Crippen LogP contribution in [0.4, 0.5) is 0 Å². The van der Waals surface area contributed by atoms with Gasteiger partial charge in [0.25, 0.3) is 0 Å². The fourth-order valence-corrected chi connectivity index (χ4v) is 4.38. The first-order chi connectivity index (χ1) is 11.9. The van der Waals surface area contributed by atoms with Crippen molar-refractivity contribution in [2.45, 2.75) is 25.8 Å². The third-order valence-corrected chi connectivity index (χ3v) is 5.98. The monoisotopic (exact) mass is 359 g/mol. The lowest BCUT2D eigenvalue weighted by molar-refractivity contribution is 0.0697. The van der Waals surface area contributed by atoms with E-state index in [1.807, 2.05) is 12.1 Å². The molecule has 0 bridgehead atoms. The van der Waals surface area contributed by atoms with E-state index < -0.39 is 16.0 Å². The second-order valence-electron chi connectivity index (χ2n) is 6.47. The molecule has 0 radical (unpaired) electrons. The Morgan fingerprint density at radius 3 is 2.20 bits per heavy atom. The zero-order chi connectivity index (χ0) is 17.9. The van der Waals surface area contributed by atoms with Crippen LogP contribution in [0.3, 0.4) is 0 Å². The summed E-state index contributed by atoms with van der Waals surface area (Å²) in [5.41, 5.74) is 3.59. The van der Waals surface area contributed by atoms with Crippen molar-refractivity contribution in [1.29, 1.82) is 0 Å². The number of sulfonamides is 1. The van der Waals surface area contributed by atoms with Crippen LogP contribution in [0, 0.1) is 5.92 Å². The van der Waals surface area contributed by atoms with Gasteiger partial charge in [0.1, 0.15) is 0 Å². The molecule has 0 unspecified atom stereocenters. The van der Waals surface area contributed by atoms with Crippen molar-refractivity contribution in [1.82, 2.24) is 4.72 Å². The van der Waals surface area contributed by atoms with Crippen LogP contribution in [0.15, 0.2) is 48.5 Å². The van der Waals surface area contributed by atoms with Crippen LogP contribution in [0.1, 0.15) is 33.5 Å². The van der Waals surface area contributed by atoms with Crippen LogP contribution in [-0.4, -0.2) is 25.2 Å². The van der Waals surface area contributed by atoms with Gasteiger partial charge >= 0.3 is 5.97 Å². The first kappa shape index (κ1) is 17.6. The number of carbonyl (C=O) groups is 1. The largest absolute Gasteiger partial charge is 0.478 e. The van der Waals surface area contributed by atoms with Gasteiger partial charge in [0.15, 0.2) is 0 Å². The molecule has 0 heterocycles. The van der Waals surface area contributed by atoms with Gasteiger partial charge in [0.2, 0.25) is 10.0 Å². The van der Waals surface area contributed by atoms with E-state index in [1.54, 1.807) is 12.1 Å². The van der Waals surface area contributed by atoms with Crippen molar-refractivity contribution in [2.75, 3.05) is 5.75 Å². The average molecular weight is 359 g/mol. The van der Waals surface area contributed by atoms with Crippen LogP contribution in [0.25, 0.3) is 0 Å². The van der Waals surface area contributed by atoms with Crippen molar-refractivity contribution in [2.24, 2.45) is 5.92 Å². The van der Waals surface area contributed by atoms with E-state index in [2.05, 4.69) is 16.9 Å². The normalized spacial score (nSPS) is 14.4. The van der Waals surface area contributed by atoms with Gasteiger partial charge in [-0.2, -0.15) is 0 Å². The molecule has 0 fully saturated rings. The van der Waals surface area contributed by atoms with Crippen LogP contribution in [0.5, 0.6) is 0 Å². The third-order valence-electron chi connectivity index (χ3n) is 4.63. The maximum atomic E-state index is 12.2. The minimum atomic E-state index is -3.35. The second-order valence-corrected chi connectivity index (χ2v) is 8.40. The van der Waals surface area contributed by atoms with Gasteiger partial charge in [0, 0.05) is 6.54 Å². The molecular weight excluding hydrogens is 338 g/mol. The molecule has 5 nitrogen and oxygen atoms in total. The first-order valence-electron chi connectivity index (χ1n) is 8.29. The Morgan fingerprint density at radius 1 is 1.04 bits per heavy atom. The Labute approximate surface area is 147 Å². The Kier molecular flexibility index (Phi) is 5.20. The van der Waals surface area contributed by atoms with Crippen molar-refractivity contribution in [3.63, 3.8) is 0 Å². The Hall–Kier alpha value is -2.18. The third kappa shape index (κ3) is 4.67. The highest BCUT2D eigenvalue weighted by atomic mass is 32.2. The zero-order valence-corrected chi connectivity index (χ0v) is 14.6. The number of hydrogen-bond donors (Lipinski definition) is 2. The summed E-state index contributed by atoms with van der Waals surface area (Å²) in [6.45, 7) is 0.174. The van der Waals surface area contributed by atoms with Crippen molar-refractivity contribution in [3.8, 4) is 0 Å². The molecule has 1 aliphatic carbocycles. The lowest BCUT2D eigenvalue weighted by atomic mass is 10.0. The number of hydrogen-bond acceptors (Lipinski definition) is 3. The summed E-state index contributed by atoms with van der Waals surface area (Å²) in [5.74, 6) is -0.507. The number of rotatable bonds is 7. The van der Waals surface area contributed by atoms with Crippen LogP contribution in [0.2, 0.25) is 0 Å². The summed E-state index contributed by atoms with van der Waals surface area (Å²) in [4.78, 5) is 10.8. The van der Waals surface area contributed by atoms with Gasteiger partial charge < -0.3 is 5.11 Å². The first-order valence-corrected chi connectivity index (χ1v) is 9.94. The zero-order valence-electron chi connectivity index (χ0n) is 13.8. The molecule has 0 amide bonds. The highest BCUT2D eigenvalue weighted by Crippen LogP contribution is 2.28. The Balaban J connectivity index is 1.49. The minimum absolute atomic E-state index is 0.110. The van der Waals surface area contributed by atoms with E-state index in [1.165, 1.54) is 23.3 Å². The lowest BCUT2D eigenvalue weighted by Crippen LogP contribution is -2.27. The van der Waals surface area contributed by atoms with Gasteiger partial charge in [-0.05, 0) is 54.0 Å². The van der Waals surface area contributed by atoms with Gasteiger partial charge in [-0.3, -0.25) is 0 Å². The molecule has 25 heavy (non-hydrogen) atoms. The Morgan fingerprint density at radius 2 is 1.64 bits per heavy atom. The van der Waals surface area contributed by atoms with Crippen molar-refractivity contribution >= 4 is 16.0 Å². The van der Waals surface area contributed by atoms with E-state index in [0.29, 0.717) is 12.3 Å². The molecule has 132 valence electrons. The van der Waals surface area contributed by atoms with Gasteiger partial charge in [-0.25, -0.2) is 17.9 Å². The Bertz CT molecular complexity index is 834. The van der Waals surface area contributed by atoms with Crippen molar-refractivity contribution < 1.29 is 18.3 Å². The fourth-order valence-electron chi connectivity index (χ4n) is 3.21. The standard InChI is InChI=1S/C19H21NO4S/c21-19(22)16-7-5-14(6-8-16)13-20-25(23,24)10-9-15-11-17-3-1-2-4-18(17)12-15/h1-8,15,20H,9-13H2,(H,21,22). The maximum absolute atomic E-state index is 12.2. The summed E-state index contributed by atoms with van der Waals surface area (Å²) in [6.07, 6.45) is 2.53. The molecule has 0 aromatic heterocycles. The quantitative estimate of drug-likeness (QED) is 0.796. The van der Waals surface area contributed by atoms with Gasteiger partial charge in [0.05, 0.1) is 11.3 Å². The molecule has 0 saturated carbocycles. The predicted molar refractivity (Wildman–Crippen MR) is 96.0 cm³/mol. The number of carboxylic acid groups (broad SMARTS) is 1. The number of benzene rings is 2. The van der Waals surface area contributed by atoms with Crippen LogP contribution >= 0.6 is 0 Å². The molecule has 0 saturated heterocycles. The van der Waals surface area contributed by atoms with Crippen LogP contribution in [-0.2, 0) is 29.4 Å². The summed E-state index contributed by atoms with van der Waals surface area (Å²) in [7, 11) is -3.35. The van der Waals surface area contributed by atoms with Crippen LogP contribution < -0.4 is 4.72 Å². The molecule has 2 N–H and O–H groups in total. The highest BCUT2D eigenvalue weighted by molar-refractivity contribution is 7.89. The van der Waals surface area contributed by atoms with E-state index in [0.717, 1.165) is 18.4 Å². The summed E-state index contributed by atoms with van der Waals surface area (Å²) >= 11 is 0. The minimum Gasteiger partial charge on any atom is -0.478 e. The predicted octanol–water partition coefficient (Wildman–Crippen LogP) is 2.61. The molecule has 0 spiro atoms. The second kappa shape index (κ2) is 7.37. The molecule has 0 aliphatic heterocycles. The van der Waals surface area contributed by atoms with Gasteiger partial charge in [-0.1, -0.05) is 36.4 Å². The van der Waals surface area contributed by atoms with E-state index in [-0.39, 0.29) is 17.9 Å². The van der Waals surface area contributed by atoms with Gasteiger partial charge in [-0.15, -0.1) is 0 Å². The van der Waals surface area contributed by atoms with Crippen molar-refractivity contribution in [3.05, 3.63) is 70.8 Å². The van der Waals surface area contributed by atoms with E-state index in [4.69, 9.17) is 5.11 Å². The number of carboxylic acids is 1. The average Bonchev–Trinajstić information content (AvgIpc) is 3.02. The van der Waals surface area contributed by atoms with E-state index in [9.17, 15) is 13.2 Å². The summed E-state index contributed by atoms with van der Waals surface area (Å²) in [6, 6.07) is 14.5. The molecule has 6 heteroatoms. The fraction of sp³-hybridized carbons (Fsp3) is 0.316. The number of fused-ring (bicyclic) bond motifs is 1. The molecule has 3 rings (SSSR count). The topological polar surface area (TPSA) is 83.5 Å². The number of nitrogens with one attached hydrogen (secondary N) is 1. The highest BCUT2D eigenvalue weighted by Gasteiger charge is 2.22. The summed E-state index contributed by atoms with van der Waals surface area (Å²) in [5, 5.41) is 8.86. The molecular formula is C19H21NO4S. The SMILES string of the molecule is O=C(O)c1ccc(CNS(=O)(=O)CCC2Cc3ccccc3C2)cc1. The smallest absolute Gasteiger partial charge is 0.335 e. The summed E-state index contributed by atoms with van der Waals surface area (Å²) < 4.78 is 27.0. The molecule has 0 atom stereocenters. The molecule has 2 aromatic carbocycles.